The van der Waals surface area contributed by atoms with Crippen molar-refractivity contribution in [3.63, 3.8) is 0 Å². The fourth-order valence-electron chi connectivity index (χ4n) is 5.26. The number of hydrogen-bond acceptors (Lipinski definition) is 7. The van der Waals surface area contributed by atoms with Crippen molar-refractivity contribution < 1.29 is 18.3 Å². The highest BCUT2D eigenvalue weighted by Gasteiger charge is 2.44. The SMILES string of the molecule is CN1CCCc2c(NC(=O)c3ccc(NS(=O)(=O)CCO)cc3N3CCC4(CC3)CC4)ccnc21. The number of fused-ring (bicyclic) bond motifs is 1. The lowest BCUT2D eigenvalue weighted by molar-refractivity contribution is 0.102. The van der Waals surface area contributed by atoms with Gasteiger partial charge in [0.1, 0.15) is 5.82 Å². The Balaban J connectivity index is 1.44. The number of aromatic nitrogens is 1. The Morgan fingerprint density at radius 3 is 2.63 bits per heavy atom. The van der Waals surface area contributed by atoms with Crippen LogP contribution in [0.15, 0.2) is 30.5 Å². The number of benzene rings is 1. The Labute approximate surface area is 206 Å². The van der Waals surface area contributed by atoms with Gasteiger partial charge in [0.15, 0.2) is 0 Å². The van der Waals surface area contributed by atoms with Gasteiger partial charge in [-0.25, -0.2) is 13.4 Å². The van der Waals surface area contributed by atoms with Gasteiger partial charge in [0.25, 0.3) is 5.91 Å². The van der Waals surface area contributed by atoms with Gasteiger partial charge >= 0.3 is 0 Å². The maximum atomic E-state index is 13.5. The number of rotatable bonds is 7. The van der Waals surface area contributed by atoms with E-state index in [4.69, 9.17) is 5.11 Å². The number of aliphatic hydroxyl groups is 1. The van der Waals surface area contributed by atoms with Gasteiger partial charge in [-0.2, -0.15) is 0 Å². The van der Waals surface area contributed by atoms with E-state index in [0.29, 0.717) is 16.7 Å². The average molecular weight is 500 g/mol. The standard InChI is InChI=1S/C25H33N5O4S/c1-29-12-2-3-19-21(6-11-26-23(19)29)27-24(32)20-5-4-18(28-35(33,34)16-15-31)17-22(20)30-13-9-25(7-8-25)10-14-30/h4-6,11,17,28,31H,2-3,7-10,12-16H2,1H3,(H,26,27,32). The summed E-state index contributed by atoms with van der Waals surface area (Å²) in [4.78, 5) is 22.3. The molecule has 35 heavy (non-hydrogen) atoms. The van der Waals surface area contributed by atoms with Crippen molar-refractivity contribution in [3.05, 3.63) is 41.6 Å². The van der Waals surface area contributed by atoms with Crippen LogP contribution >= 0.6 is 0 Å². The first-order chi connectivity index (χ1) is 16.8. The molecule has 1 aliphatic carbocycles. The molecule has 3 N–H and O–H groups in total. The molecule has 1 saturated heterocycles. The number of hydrogen-bond donors (Lipinski definition) is 3. The molecule has 9 nitrogen and oxygen atoms in total. The van der Waals surface area contributed by atoms with Gasteiger partial charge in [0, 0.05) is 44.1 Å². The minimum Gasteiger partial charge on any atom is -0.395 e. The molecule has 0 unspecified atom stereocenters. The van der Waals surface area contributed by atoms with Gasteiger partial charge in [-0.05, 0) is 68.2 Å². The number of piperidine rings is 1. The maximum absolute atomic E-state index is 13.5. The van der Waals surface area contributed by atoms with Crippen LogP contribution in [-0.4, -0.2) is 63.5 Å². The lowest BCUT2D eigenvalue weighted by Crippen LogP contribution is -2.36. The van der Waals surface area contributed by atoms with Crippen LogP contribution in [0, 0.1) is 5.41 Å². The fourth-order valence-corrected chi connectivity index (χ4v) is 6.09. The third-order valence-corrected chi connectivity index (χ3v) is 8.83. The van der Waals surface area contributed by atoms with Crippen molar-refractivity contribution >= 4 is 38.8 Å². The zero-order valence-electron chi connectivity index (χ0n) is 20.1. The van der Waals surface area contributed by atoms with Crippen LogP contribution in [-0.2, 0) is 16.4 Å². The zero-order chi connectivity index (χ0) is 24.6. The van der Waals surface area contributed by atoms with Crippen molar-refractivity contribution in [3.8, 4) is 0 Å². The van der Waals surface area contributed by atoms with Gasteiger partial charge in [0.2, 0.25) is 10.0 Å². The van der Waals surface area contributed by atoms with Gasteiger partial charge in [0.05, 0.1) is 29.3 Å². The van der Waals surface area contributed by atoms with Crippen molar-refractivity contribution in [2.24, 2.45) is 5.41 Å². The van der Waals surface area contributed by atoms with E-state index in [1.165, 1.54) is 12.8 Å². The molecule has 2 aliphatic heterocycles. The second-order valence-corrected chi connectivity index (χ2v) is 11.8. The summed E-state index contributed by atoms with van der Waals surface area (Å²) in [6.45, 7) is 2.15. The van der Waals surface area contributed by atoms with Crippen LogP contribution in [0.3, 0.4) is 0 Å². The van der Waals surface area contributed by atoms with Crippen LogP contribution in [0.2, 0.25) is 0 Å². The van der Waals surface area contributed by atoms with Crippen LogP contribution in [0.1, 0.15) is 48.0 Å². The molecule has 2 fully saturated rings. The largest absolute Gasteiger partial charge is 0.395 e. The summed E-state index contributed by atoms with van der Waals surface area (Å²) >= 11 is 0. The molecule has 5 rings (SSSR count). The van der Waals surface area contributed by atoms with Crippen molar-refractivity contribution in [2.75, 3.05) is 58.9 Å². The monoisotopic (exact) mass is 499 g/mol. The predicted molar refractivity (Wildman–Crippen MR) is 138 cm³/mol. The highest BCUT2D eigenvalue weighted by Crippen LogP contribution is 2.54. The van der Waals surface area contributed by atoms with E-state index in [2.05, 4.69) is 24.8 Å². The molecule has 1 aromatic heterocycles. The summed E-state index contributed by atoms with van der Waals surface area (Å²) in [6, 6.07) is 6.87. The van der Waals surface area contributed by atoms with E-state index in [0.717, 1.165) is 68.1 Å². The van der Waals surface area contributed by atoms with E-state index >= 15 is 0 Å². The Morgan fingerprint density at radius 2 is 1.91 bits per heavy atom. The first kappa shape index (κ1) is 23.9. The highest BCUT2D eigenvalue weighted by atomic mass is 32.2. The van der Waals surface area contributed by atoms with Gasteiger partial charge in [-0.15, -0.1) is 0 Å². The van der Waals surface area contributed by atoms with Crippen LogP contribution in [0.5, 0.6) is 0 Å². The Bertz CT molecular complexity index is 1220. The molecular formula is C25H33N5O4S. The van der Waals surface area contributed by atoms with Crippen LogP contribution in [0.25, 0.3) is 0 Å². The van der Waals surface area contributed by atoms with Crippen molar-refractivity contribution in [1.29, 1.82) is 0 Å². The summed E-state index contributed by atoms with van der Waals surface area (Å²) in [5.74, 6) is 0.296. The number of sulfonamides is 1. The molecule has 188 valence electrons. The number of carbonyl (C=O) groups is 1. The summed E-state index contributed by atoms with van der Waals surface area (Å²) in [7, 11) is -1.66. The van der Waals surface area contributed by atoms with E-state index in [1.807, 2.05) is 13.1 Å². The Hall–Kier alpha value is -2.85. The maximum Gasteiger partial charge on any atom is 0.257 e. The number of nitrogens with one attached hydrogen (secondary N) is 2. The molecule has 1 aromatic carbocycles. The fraction of sp³-hybridized carbons (Fsp3) is 0.520. The first-order valence-electron chi connectivity index (χ1n) is 12.3. The zero-order valence-corrected chi connectivity index (χ0v) is 20.9. The Morgan fingerprint density at radius 1 is 1.14 bits per heavy atom. The predicted octanol–water partition coefficient (Wildman–Crippen LogP) is 2.83. The summed E-state index contributed by atoms with van der Waals surface area (Å²) in [5.41, 5.74) is 3.90. The Kier molecular flexibility index (Phi) is 6.35. The lowest BCUT2D eigenvalue weighted by atomic mass is 9.93. The summed E-state index contributed by atoms with van der Waals surface area (Å²) in [5, 5.41) is 12.2. The second-order valence-electron chi connectivity index (χ2n) is 10.0. The van der Waals surface area contributed by atoms with Crippen LogP contribution < -0.4 is 19.8 Å². The first-order valence-corrected chi connectivity index (χ1v) is 14.0. The number of amides is 1. The topological polar surface area (TPSA) is 115 Å². The molecule has 1 amide bonds. The molecule has 0 bridgehead atoms. The normalized spacial score (nSPS) is 18.8. The number of pyridine rings is 1. The van der Waals surface area contributed by atoms with Gasteiger partial charge < -0.3 is 20.2 Å². The molecule has 1 saturated carbocycles. The number of carbonyl (C=O) groups excluding carboxylic acids is 1. The molecule has 1 spiro atoms. The molecular weight excluding hydrogens is 466 g/mol. The molecule has 3 heterocycles. The number of aliphatic hydroxyl groups excluding tert-OH is 1. The molecule has 10 heteroatoms. The molecule has 0 atom stereocenters. The minimum absolute atomic E-state index is 0.224. The highest BCUT2D eigenvalue weighted by molar-refractivity contribution is 7.92. The minimum atomic E-state index is -3.67. The third-order valence-electron chi connectivity index (χ3n) is 7.56. The molecule has 0 radical (unpaired) electrons. The van der Waals surface area contributed by atoms with Crippen molar-refractivity contribution in [2.45, 2.75) is 38.5 Å². The van der Waals surface area contributed by atoms with Gasteiger partial charge in [-0.3, -0.25) is 9.52 Å². The van der Waals surface area contributed by atoms with E-state index in [1.54, 1.807) is 24.4 Å². The second kappa shape index (κ2) is 9.31. The number of nitrogens with zero attached hydrogens (tertiary/aromatic N) is 3. The number of anilines is 4. The third kappa shape index (κ3) is 5.08. The molecule has 2 aromatic rings. The lowest BCUT2D eigenvalue weighted by Gasteiger charge is -2.35. The quantitative estimate of drug-likeness (QED) is 0.537. The summed E-state index contributed by atoms with van der Waals surface area (Å²) < 4.78 is 27.0. The van der Waals surface area contributed by atoms with Crippen LogP contribution in [0.4, 0.5) is 22.9 Å². The van der Waals surface area contributed by atoms with E-state index in [9.17, 15) is 13.2 Å². The van der Waals surface area contributed by atoms with Crippen molar-refractivity contribution in [1.82, 2.24) is 4.98 Å². The van der Waals surface area contributed by atoms with E-state index < -0.39 is 16.6 Å². The molecule has 3 aliphatic rings. The average Bonchev–Trinajstić information content (AvgIpc) is 3.58. The summed E-state index contributed by atoms with van der Waals surface area (Å²) in [6.07, 6.45) is 8.29. The van der Waals surface area contributed by atoms with E-state index in [-0.39, 0.29) is 11.7 Å². The smallest absolute Gasteiger partial charge is 0.257 e. The van der Waals surface area contributed by atoms with Gasteiger partial charge in [-0.1, -0.05) is 0 Å².